The topological polar surface area (TPSA) is 85.9 Å². The van der Waals surface area contributed by atoms with Gasteiger partial charge in [0, 0.05) is 11.5 Å². The van der Waals surface area contributed by atoms with Crippen molar-refractivity contribution in [3.05, 3.63) is 65.0 Å². The summed E-state index contributed by atoms with van der Waals surface area (Å²) >= 11 is 1.000. The number of rotatable bonds is 2. The standard InChI is InChI=1S/C17H11NO5S2/c19-16-14(11-4-2-1-3-5-11)8-12-6-7-13(9-15(12)23-16)22-17-18-25(20,21)10-24-17/h1-9H,10H2. The summed E-state index contributed by atoms with van der Waals surface area (Å²) in [5, 5.41) is 0.660. The summed E-state index contributed by atoms with van der Waals surface area (Å²) in [6.45, 7) is 0. The van der Waals surface area contributed by atoms with Crippen molar-refractivity contribution in [1.82, 2.24) is 0 Å². The Kier molecular flexibility index (Phi) is 3.85. The fraction of sp³-hybridized carbons (Fsp3) is 0.0588. The lowest BCUT2D eigenvalue weighted by Crippen LogP contribution is -2.03. The van der Waals surface area contributed by atoms with Crippen LogP contribution in [-0.4, -0.2) is 18.7 Å². The molecule has 0 saturated heterocycles. The molecule has 1 aliphatic rings. The van der Waals surface area contributed by atoms with Gasteiger partial charge in [-0.15, -0.1) is 4.40 Å². The van der Waals surface area contributed by atoms with Crippen LogP contribution >= 0.6 is 11.8 Å². The smallest absolute Gasteiger partial charge is 0.344 e. The van der Waals surface area contributed by atoms with Gasteiger partial charge < -0.3 is 9.15 Å². The summed E-state index contributed by atoms with van der Waals surface area (Å²) in [5.74, 6) is 0.353. The van der Waals surface area contributed by atoms with Crippen molar-refractivity contribution < 1.29 is 17.6 Å². The van der Waals surface area contributed by atoms with Crippen LogP contribution in [0.5, 0.6) is 5.75 Å². The minimum absolute atomic E-state index is 0.0580. The van der Waals surface area contributed by atoms with Gasteiger partial charge in [-0.2, -0.15) is 0 Å². The number of nitrogens with zero attached hydrogens (tertiary/aromatic N) is 1. The van der Waals surface area contributed by atoms with Crippen LogP contribution < -0.4 is 10.4 Å². The zero-order valence-electron chi connectivity index (χ0n) is 12.7. The van der Waals surface area contributed by atoms with Crippen molar-refractivity contribution in [2.75, 3.05) is 5.08 Å². The lowest BCUT2D eigenvalue weighted by molar-refractivity contribution is 0.548. The minimum Gasteiger partial charge on any atom is -0.433 e. The molecular formula is C17H11NO5S2. The van der Waals surface area contributed by atoms with E-state index in [1.54, 1.807) is 24.3 Å². The van der Waals surface area contributed by atoms with Gasteiger partial charge in [-0.1, -0.05) is 30.3 Å². The molecule has 1 aromatic heterocycles. The lowest BCUT2D eigenvalue weighted by Gasteiger charge is -2.06. The number of hydrogen-bond acceptors (Lipinski definition) is 6. The van der Waals surface area contributed by atoms with Crippen LogP contribution in [0.2, 0.25) is 0 Å². The van der Waals surface area contributed by atoms with Gasteiger partial charge in [-0.05, 0) is 35.5 Å². The van der Waals surface area contributed by atoms with Crippen molar-refractivity contribution in [3.63, 3.8) is 0 Å². The Morgan fingerprint density at radius 1 is 1.08 bits per heavy atom. The van der Waals surface area contributed by atoms with Crippen LogP contribution in [-0.2, 0) is 10.0 Å². The van der Waals surface area contributed by atoms with Gasteiger partial charge in [0.25, 0.3) is 15.3 Å². The van der Waals surface area contributed by atoms with Crippen molar-refractivity contribution in [2.45, 2.75) is 0 Å². The number of thioether (sulfide) groups is 1. The first kappa shape index (κ1) is 15.9. The second kappa shape index (κ2) is 6.05. The van der Waals surface area contributed by atoms with Gasteiger partial charge in [0.2, 0.25) is 0 Å². The Bertz CT molecular complexity index is 1150. The molecule has 0 amide bonds. The normalized spacial score (nSPS) is 15.9. The maximum Gasteiger partial charge on any atom is 0.344 e. The molecule has 0 N–H and O–H groups in total. The molecule has 6 nitrogen and oxygen atoms in total. The SMILES string of the molecule is O=c1oc2cc(OC3=NS(=O)(=O)CS3)ccc2cc1-c1ccccc1. The van der Waals surface area contributed by atoms with E-state index in [9.17, 15) is 13.2 Å². The van der Waals surface area contributed by atoms with Crippen LogP contribution in [0.4, 0.5) is 0 Å². The Hall–Kier alpha value is -2.58. The third-order valence-corrected chi connectivity index (χ3v) is 6.19. The Morgan fingerprint density at radius 3 is 2.60 bits per heavy atom. The molecule has 0 saturated carbocycles. The monoisotopic (exact) mass is 373 g/mol. The predicted molar refractivity (Wildman–Crippen MR) is 97.4 cm³/mol. The first-order chi connectivity index (χ1) is 12.0. The highest BCUT2D eigenvalue weighted by Gasteiger charge is 2.23. The summed E-state index contributed by atoms with van der Waals surface area (Å²) in [6.07, 6.45) is 0. The number of sulfonamides is 1. The van der Waals surface area contributed by atoms with Crippen molar-refractivity contribution >= 4 is 38.0 Å². The van der Waals surface area contributed by atoms with E-state index in [1.165, 1.54) is 0 Å². The maximum atomic E-state index is 12.3. The molecule has 2 heterocycles. The van der Waals surface area contributed by atoms with Crippen LogP contribution in [0.3, 0.4) is 0 Å². The summed E-state index contributed by atoms with van der Waals surface area (Å²) in [7, 11) is -3.45. The molecule has 0 spiro atoms. The van der Waals surface area contributed by atoms with E-state index in [4.69, 9.17) is 9.15 Å². The highest BCUT2D eigenvalue weighted by atomic mass is 32.3. The quantitative estimate of drug-likeness (QED) is 0.641. The molecule has 126 valence electrons. The molecule has 1 aliphatic heterocycles. The highest BCUT2D eigenvalue weighted by Crippen LogP contribution is 2.27. The zero-order chi connectivity index (χ0) is 17.4. The second-order valence-corrected chi connectivity index (χ2v) is 8.24. The predicted octanol–water partition coefficient (Wildman–Crippen LogP) is 3.23. The number of benzene rings is 2. The summed E-state index contributed by atoms with van der Waals surface area (Å²) in [5.41, 5.74) is 1.16. The van der Waals surface area contributed by atoms with Crippen LogP contribution in [0.15, 0.2) is 68.2 Å². The highest BCUT2D eigenvalue weighted by molar-refractivity contribution is 8.24. The van der Waals surface area contributed by atoms with Gasteiger partial charge in [0.05, 0.1) is 5.56 Å². The van der Waals surface area contributed by atoms with E-state index in [0.29, 0.717) is 16.9 Å². The van der Waals surface area contributed by atoms with Gasteiger partial charge in [-0.25, -0.2) is 13.2 Å². The van der Waals surface area contributed by atoms with Gasteiger partial charge in [0.15, 0.2) is 0 Å². The van der Waals surface area contributed by atoms with Crippen molar-refractivity contribution in [1.29, 1.82) is 0 Å². The molecule has 8 heteroatoms. The average Bonchev–Trinajstić information content (AvgIpc) is 2.93. The molecule has 0 unspecified atom stereocenters. The molecule has 3 aromatic rings. The molecule has 0 radical (unpaired) electrons. The Morgan fingerprint density at radius 2 is 1.88 bits per heavy atom. The third kappa shape index (κ3) is 3.31. The number of fused-ring (bicyclic) bond motifs is 1. The van der Waals surface area contributed by atoms with Gasteiger partial charge in [0.1, 0.15) is 16.4 Å². The van der Waals surface area contributed by atoms with Gasteiger partial charge in [-0.3, -0.25) is 0 Å². The van der Waals surface area contributed by atoms with E-state index < -0.39 is 15.6 Å². The second-order valence-electron chi connectivity index (χ2n) is 5.32. The van der Waals surface area contributed by atoms with E-state index in [1.807, 2.05) is 30.3 Å². The summed E-state index contributed by atoms with van der Waals surface area (Å²) in [6, 6.07) is 16.0. The first-order valence-corrected chi connectivity index (χ1v) is 9.86. The van der Waals surface area contributed by atoms with Crippen LogP contribution in [0.1, 0.15) is 0 Å². The van der Waals surface area contributed by atoms with Crippen LogP contribution in [0, 0.1) is 0 Å². The van der Waals surface area contributed by atoms with E-state index >= 15 is 0 Å². The molecule has 25 heavy (non-hydrogen) atoms. The molecule has 0 atom stereocenters. The largest absolute Gasteiger partial charge is 0.433 e. The van der Waals surface area contributed by atoms with Crippen molar-refractivity contribution in [2.24, 2.45) is 4.40 Å². The maximum absolute atomic E-state index is 12.3. The average molecular weight is 373 g/mol. The van der Waals surface area contributed by atoms with Crippen LogP contribution in [0.25, 0.3) is 22.1 Å². The van der Waals surface area contributed by atoms with E-state index in [-0.39, 0.29) is 10.3 Å². The first-order valence-electron chi connectivity index (χ1n) is 7.27. The Balaban J connectivity index is 1.72. The zero-order valence-corrected chi connectivity index (χ0v) is 14.3. The Labute approximate surface area is 147 Å². The van der Waals surface area contributed by atoms with Gasteiger partial charge >= 0.3 is 5.63 Å². The molecule has 0 aliphatic carbocycles. The molecule has 2 aromatic carbocycles. The lowest BCUT2D eigenvalue weighted by atomic mass is 10.1. The fourth-order valence-corrected chi connectivity index (χ4v) is 4.59. The van der Waals surface area contributed by atoms with E-state index in [0.717, 1.165) is 22.7 Å². The number of hydrogen-bond donors (Lipinski definition) is 0. The fourth-order valence-electron chi connectivity index (χ4n) is 2.41. The summed E-state index contributed by atoms with van der Waals surface area (Å²) in [4.78, 5) is 12.3. The molecule has 0 bridgehead atoms. The molecular weight excluding hydrogens is 362 g/mol. The molecule has 0 fully saturated rings. The van der Waals surface area contributed by atoms with E-state index in [2.05, 4.69) is 4.40 Å². The number of ether oxygens (including phenoxy) is 1. The molecule has 4 rings (SSSR count). The third-order valence-electron chi connectivity index (χ3n) is 3.54. The van der Waals surface area contributed by atoms with Crippen molar-refractivity contribution in [3.8, 4) is 16.9 Å². The minimum atomic E-state index is -3.45. The summed E-state index contributed by atoms with van der Waals surface area (Å²) < 4.78 is 37.0.